The maximum atomic E-state index is 5.27. The van der Waals surface area contributed by atoms with E-state index in [-0.39, 0.29) is 0 Å². The zero-order valence-corrected chi connectivity index (χ0v) is 15.5. The second-order valence-corrected chi connectivity index (χ2v) is 6.77. The molecule has 4 nitrogen and oxygen atoms in total. The Kier molecular flexibility index (Phi) is 4.54. The third-order valence-corrected chi connectivity index (χ3v) is 5.31. The molecule has 2 aromatic heterocycles. The summed E-state index contributed by atoms with van der Waals surface area (Å²) in [5.41, 5.74) is 4.60. The van der Waals surface area contributed by atoms with E-state index < -0.39 is 0 Å². The number of thiophene rings is 1. The van der Waals surface area contributed by atoms with Gasteiger partial charge in [-0.1, -0.05) is 37.3 Å². The Morgan fingerprint density at radius 2 is 1.85 bits per heavy atom. The molecule has 0 aliphatic carbocycles. The van der Waals surface area contributed by atoms with Crippen molar-refractivity contribution in [3.63, 3.8) is 0 Å². The predicted molar refractivity (Wildman–Crippen MR) is 109 cm³/mol. The number of hydrogen-bond acceptors (Lipinski definition) is 5. The predicted octanol–water partition coefficient (Wildman–Crippen LogP) is 5.67. The standard InChI is InChI=1S/C21H19N3OS/c1-3-14-6-4-5-7-18(14)24-20-19-17(12-26-21(19)23-13-22-20)15-8-10-16(25-2)11-9-15/h4-13H,3H2,1-2H3,(H,22,23,24). The van der Waals surface area contributed by atoms with Gasteiger partial charge in [0.2, 0.25) is 0 Å². The van der Waals surface area contributed by atoms with Crippen molar-refractivity contribution >= 4 is 33.1 Å². The van der Waals surface area contributed by atoms with Crippen molar-refractivity contribution in [2.75, 3.05) is 12.4 Å². The van der Waals surface area contributed by atoms with Crippen molar-refractivity contribution < 1.29 is 4.74 Å². The number of aromatic nitrogens is 2. The molecule has 0 radical (unpaired) electrons. The highest BCUT2D eigenvalue weighted by atomic mass is 32.1. The summed E-state index contributed by atoms with van der Waals surface area (Å²) in [6.07, 6.45) is 2.58. The highest BCUT2D eigenvalue weighted by Crippen LogP contribution is 2.38. The molecule has 0 fully saturated rings. The lowest BCUT2D eigenvalue weighted by atomic mass is 10.1. The minimum Gasteiger partial charge on any atom is -0.497 e. The van der Waals surface area contributed by atoms with Gasteiger partial charge in [-0.25, -0.2) is 9.97 Å². The topological polar surface area (TPSA) is 47.0 Å². The number of hydrogen-bond donors (Lipinski definition) is 1. The van der Waals surface area contributed by atoms with E-state index >= 15 is 0 Å². The molecule has 0 aliphatic heterocycles. The fourth-order valence-electron chi connectivity index (χ4n) is 3.03. The van der Waals surface area contributed by atoms with E-state index in [9.17, 15) is 0 Å². The van der Waals surface area contributed by atoms with Crippen LogP contribution >= 0.6 is 11.3 Å². The number of rotatable bonds is 5. The normalized spacial score (nSPS) is 10.8. The number of fused-ring (bicyclic) bond motifs is 1. The first-order chi connectivity index (χ1) is 12.8. The molecular weight excluding hydrogens is 342 g/mol. The fourth-order valence-corrected chi connectivity index (χ4v) is 3.95. The van der Waals surface area contributed by atoms with Crippen LogP contribution in [0.2, 0.25) is 0 Å². The van der Waals surface area contributed by atoms with Gasteiger partial charge >= 0.3 is 0 Å². The third-order valence-electron chi connectivity index (χ3n) is 4.42. The number of nitrogens with one attached hydrogen (secondary N) is 1. The maximum Gasteiger partial charge on any atom is 0.143 e. The second kappa shape index (κ2) is 7.14. The molecule has 0 atom stereocenters. The minimum absolute atomic E-state index is 0.836. The van der Waals surface area contributed by atoms with Crippen LogP contribution in [0.1, 0.15) is 12.5 Å². The molecule has 2 aromatic carbocycles. The number of anilines is 2. The van der Waals surface area contributed by atoms with Crippen LogP contribution in [0.25, 0.3) is 21.3 Å². The first kappa shape index (κ1) is 16.5. The van der Waals surface area contributed by atoms with Crippen molar-refractivity contribution in [3.05, 3.63) is 65.8 Å². The summed E-state index contributed by atoms with van der Waals surface area (Å²) in [6, 6.07) is 16.4. The first-order valence-corrected chi connectivity index (χ1v) is 9.39. The Morgan fingerprint density at radius 3 is 2.62 bits per heavy atom. The van der Waals surface area contributed by atoms with Crippen LogP contribution in [-0.2, 0) is 6.42 Å². The molecule has 0 amide bonds. The molecule has 1 N–H and O–H groups in total. The van der Waals surface area contributed by atoms with Gasteiger partial charge in [-0.2, -0.15) is 0 Å². The number of ether oxygens (including phenoxy) is 1. The Labute approximate surface area is 156 Å². The molecule has 130 valence electrons. The zero-order valence-electron chi connectivity index (χ0n) is 14.7. The summed E-state index contributed by atoms with van der Waals surface area (Å²) >= 11 is 1.63. The van der Waals surface area contributed by atoms with E-state index in [0.29, 0.717) is 0 Å². The van der Waals surface area contributed by atoms with Gasteiger partial charge in [-0.05, 0) is 35.7 Å². The van der Waals surface area contributed by atoms with Gasteiger partial charge < -0.3 is 10.1 Å². The highest BCUT2D eigenvalue weighted by molar-refractivity contribution is 7.17. The molecule has 26 heavy (non-hydrogen) atoms. The molecule has 2 heterocycles. The first-order valence-electron chi connectivity index (χ1n) is 8.51. The van der Waals surface area contributed by atoms with Crippen LogP contribution in [0, 0.1) is 0 Å². The number of para-hydroxylation sites is 1. The van der Waals surface area contributed by atoms with Gasteiger partial charge in [0.1, 0.15) is 22.7 Å². The summed E-state index contributed by atoms with van der Waals surface area (Å²) in [4.78, 5) is 9.95. The molecule has 0 spiro atoms. The van der Waals surface area contributed by atoms with Gasteiger partial charge in [0.05, 0.1) is 12.5 Å². The van der Waals surface area contributed by atoms with Crippen molar-refractivity contribution in [2.45, 2.75) is 13.3 Å². The van der Waals surface area contributed by atoms with Crippen molar-refractivity contribution in [1.29, 1.82) is 0 Å². The van der Waals surface area contributed by atoms with Crippen LogP contribution in [0.4, 0.5) is 11.5 Å². The summed E-state index contributed by atoms with van der Waals surface area (Å²) < 4.78 is 5.27. The number of nitrogens with zero attached hydrogens (tertiary/aromatic N) is 2. The monoisotopic (exact) mass is 361 g/mol. The zero-order chi connectivity index (χ0) is 17.9. The highest BCUT2D eigenvalue weighted by Gasteiger charge is 2.14. The molecule has 0 saturated carbocycles. The average molecular weight is 361 g/mol. The Hall–Kier alpha value is -2.92. The molecule has 5 heteroatoms. The van der Waals surface area contributed by atoms with Crippen LogP contribution in [0.5, 0.6) is 5.75 Å². The van der Waals surface area contributed by atoms with Crippen LogP contribution in [-0.4, -0.2) is 17.1 Å². The largest absolute Gasteiger partial charge is 0.497 e. The maximum absolute atomic E-state index is 5.27. The van der Waals surface area contributed by atoms with E-state index in [1.807, 2.05) is 18.2 Å². The summed E-state index contributed by atoms with van der Waals surface area (Å²) in [5.74, 6) is 1.68. The summed E-state index contributed by atoms with van der Waals surface area (Å²) in [6.45, 7) is 2.16. The lowest BCUT2D eigenvalue weighted by Gasteiger charge is -2.12. The molecule has 0 bridgehead atoms. The third kappa shape index (κ3) is 3.02. The molecule has 4 aromatic rings. The number of benzene rings is 2. The van der Waals surface area contributed by atoms with Crippen molar-refractivity contribution in [2.24, 2.45) is 0 Å². The van der Waals surface area contributed by atoms with Gasteiger partial charge in [-0.15, -0.1) is 11.3 Å². The van der Waals surface area contributed by atoms with Crippen molar-refractivity contribution in [3.8, 4) is 16.9 Å². The molecule has 4 rings (SSSR count). The molecular formula is C21H19N3OS. The molecule has 0 saturated heterocycles. The fraction of sp³-hybridized carbons (Fsp3) is 0.143. The van der Waals surface area contributed by atoms with Gasteiger partial charge in [0, 0.05) is 16.6 Å². The van der Waals surface area contributed by atoms with Crippen molar-refractivity contribution in [1.82, 2.24) is 9.97 Å². The van der Waals surface area contributed by atoms with E-state index in [2.05, 4.69) is 57.9 Å². The summed E-state index contributed by atoms with van der Waals surface area (Å²) in [5, 5.41) is 6.70. The minimum atomic E-state index is 0.836. The number of methoxy groups -OCH3 is 1. The number of aryl methyl sites for hydroxylation is 1. The average Bonchev–Trinajstić information content (AvgIpc) is 3.14. The smallest absolute Gasteiger partial charge is 0.143 e. The molecule has 0 aliphatic rings. The summed E-state index contributed by atoms with van der Waals surface area (Å²) in [7, 11) is 1.68. The van der Waals surface area contributed by atoms with Crippen LogP contribution in [0.3, 0.4) is 0 Å². The van der Waals surface area contributed by atoms with E-state index in [1.165, 1.54) is 5.56 Å². The quantitative estimate of drug-likeness (QED) is 0.497. The lowest BCUT2D eigenvalue weighted by Crippen LogP contribution is -1.98. The Balaban J connectivity index is 1.81. The lowest BCUT2D eigenvalue weighted by molar-refractivity contribution is 0.415. The molecule has 0 unspecified atom stereocenters. The van der Waals surface area contributed by atoms with Crippen LogP contribution < -0.4 is 10.1 Å². The van der Waals surface area contributed by atoms with E-state index in [0.717, 1.165) is 45.0 Å². The Bertz CT molecular complexity index is 1040. The van der Waals surface area contributed by atoms with Crippen LogP contribution in [0.15, 0.2) is 60.2 Å². The second-order valence-electron chi connectivity index (χ2n) is 5.92. The van der Waals surface area contributed by atoms with Gasteiger partial charge in [0.25, 0.3) is 0 Å². The van der Waals surface area contributed by atoms with Gasteiger partial charge in [0.15, 0.2) is 0 Å². The van der Waals surface area contributed by atoms with E-state index in [1.54, 1.807) is 24.8 Å². The SMILES string of the molecule is CCc1ccccc1Nc1ncnc2scc(-c3ccc(OC)cc3)c12. The van der Waals surface area contributed by atoms with Gasteiger partial charge in [-0.3, -0.25) is 0 Å². The van der Waals surface area contributed by atoms with E-state index in [4.69, 9.17) is 4.74 Å². The Morgan fingerprint density at radius 1 is 1.04 bits per heavy atom.